The molecule has 5 heteroatoms. The quantitative estimate of drug-likeness (QED) is 0.0314. The maximum absolute atomic E-state index is 11.8. The van der Waals surface area contributed by atoms with Gasteiger partial charge >= 0.3 is 0 Å². The molecule has 0 spiro atoms. The van der Waals surface area contributed by atoms with Crippen molar-refractivity contribution < 1.29 is 9.67 Å². The lowest BCUT2D eigenvalue weighted by molar-refractivity contribution is -0.717. The van der Waals surface area contributed by atoms with Crippen LogP contribution < -0.4 is 20.0 Å². The highest BCUT2D eigenvalue weighted by molar-refractivity contribution is 6.89. The molecule has 4 aromatic carbocycles. The number of hydrogen-bond donors (Lipinski definition) is 2. The molecule has 5 aromatic rings. The number of nitrogens with one attached hydrogen (secondary N) is 1. The maximum Gasteiger partial charge on any atom is 0.213 e. The molecule has 2 N–H and O–H groups in total. The number of nitrogens with zero attached hydrogens (tertiary/aromatic N) is 2. The Morgan fingerprint density at radius 1 is 0.805 bits per heavy atom. The fraction of sp³-hybridized carbons (Fsp3) is 0.458. The first-order chi connectivity index (χ1) is 36.8. The summed E-state index contributed by atoms with van der Waals surface area (Å²) in [5.74, 6) is 2.64. The highest BCUT2D eigenvalue weighted by Gasteiger charge is 2.42. The minimum Gasteiger partial charge on any atom is -0.512 e. The van der Waals surface area contributed by atoms with E-state index in [1.165, 1.54) is 121 Å². The Bertz CT molecular complexity index is 2890. The SMILES string of the molecule is C=C/C(=C\CCC(C)(C)/C(O)=C\C(=C)CCC1c2ccccc2-c2cc(CC3CCCCC3)c([Si](C)(C)C)c[n+]2C1CC(=C)N(C)c1ccccc1Nc1c(C(C)C)cc(-c2ccccc2)cc1C(C)C)C1CCCCC1. The molecule has 2 unspecified atom stereocenters. The summed E-state index contributed by atoms with van der Waals surface area (Å²) in [5, 5.41) is 17.5. The van der Waals surface area contributed by atoms with Crippen LogP contribution in [0.4, 0.5) is 17.1 Å². The lowest BCUT2D eigenvalue weighted by atomic mass is 9.77. The third-order valence-corrected chi connectivity index (χ3v) is 20.0. The van der Waals surface area contributed by atoms with Crippen LogP contribution in [0, 0.1) is 17.3 Å². The number of para-hydroxylation sites is 2. The summed E-state index contributed by atoms with van der Waals surface area (Å²) in [6.45, 7) is 35.1. The Labute approximate surface area is 468 Å². The van der Waals surface area contributed by atoms with Crippen LogP contribution in [0.1, 0.15) is 184 Å². The minimum atomic E-state index is -1.79. The Balaban J connectivity index is 1.13. The van der Waals surface area contributed by atoms with E-state index in [1.54, 1.807) is 10.8 Å². The number of fused-ring (bicyclic) bond motifs is 3. The van der Waals surface area contributed by atoms with E-state index in [4.69, 9.17) is 6.58 Å². The van der Waals surface area contributed by atoms with Gasteiger partial charge in [0.1, 0.15) is 0 Å². The van der Waals surface area contributed by atoms with Gasteiger partial charge in [-0.2, -0.15) is 4.57 Å². The van der Waals surface area contributed by atoms with Crippen molar-refractivity contribution in [2.45, 2.75) is 188 Å². The standard InChI is InChI=1S/C72H95N3OSi/c1-14-55(56-31-20-16-21-32-56)35-28-42-72(8,9)70(76)43-52(6)40-41-62-60-36-24-25-37-61(60)68-48-59(45-54-29-18-15-19-30-54)69(77(11,12)13)49-75(68)67(62)44-53(7)74(10)66-39-27-26-38-65(66)73-71-63(50(2)3)46-58(47-64(71)51(4)5)57-33-22-17-23-34-57/h14,17,22-27,33-39,43,46-51,54,56,62,67,73H,1,6-7,15-16,18-21,28-32,40-42,44-45H2,2-5,8-13H3/p+1/b55-35+,70-43+. The molecule has 2 heterocycles. The Kier molecular flexibility index (Phi) is 19.0. The summed E-state index contributed by atoms with van der Waals surface area (Å²) >= 11 is 0. The van der Waals surface area contributed by atoms with Crippen molar-refractivity contribution in [3.8, 4) is 22.4 Å². The largest absolute Gasteiger partial charge is 0.512 e. The number of hydrogen-bond acceptors (Lipinski definition) is 3. The number of allylic oxidation sites excluding steroid dienone is 7. The second-order valence-corrected chi connectivity index (χ2v) is 30.8. The van der Waals surface area contributed by atoms with Crippen LogP contribution in [0.3, 0.4) is 0 Å². The van der Waals surface area contributed by atoms with Crippen LogP contribution in [-0.4, -0.2) is 20.2 Å². The van der Waals surface area contributed by atoms with Crippen LogP contribution in [0.2, 0.25) is 19.6 Å². The van der Waals surface area contributed by atoms with Gasteiger partial charge in [0.15, 0.2) is 12.2 Å². The van der Waals surface area contributed by atoms with Gasteiger partial charge in [-0.25, -0.2) is 0 Å². The number of benzene rings is 4. The van der Waals surface area contributed by atoms with Crippen LogP contribution in [0.15, 0.2) is 164 Å². The summed E-state index contributed by atoms with van der Waals surface area (Å²) in [6, 6.07) is 36.4. The molecule has 0 amide bonds. The van der Waals surface area contributed by atoms with Crippen molar-refractivity contribution in [2.24, 2.45) is 17.3 Å². The normalized spacial score (nSPS) is 17.8. The lowest BCUT2D eigenvalue weighted by Gasteiger charge is -2.35. The molecule has 1 aliphatic heterocycles. The van der Waals surface area contributed by atoms with Crippen LogP contribution in [0.5, 0.6) is 0 Å². The molecule has 4 nitrogen and oxygen atoms in total. The number of aromatic nitrogens is 1. The first kappa shape index (κ1) is 57.5. The molecule has 3 aliphatic rings. The molecule has 2 atom stereocenters. The van der Waals surface area contributed by atoms with Gasteiger partial charge in [-0.3, -0.25) is 0 Å². The van der Waals surface area contributed by atoms with Gasteiger partial charge in [0.05, 0.1) is 31.6 Å². The van der Waals surface area contributed by atoms with Crippen molar-refractivity contribution in [1.82, 2.24) is 0 Å². The van der Waals surface area contributed by atoms with E-state index in [1.807, 2.05) is 6.08 Å². The van der Waals surface area contributed by atoms with Crippen molar-refractivity contribution in [1.29, 1.82) is 0 Å². The second kappa shape index (κ2) is 25.4. The fourth-order valence-corrected chi connectivity index (χ4v) is 14.8. The van der Waals surface area contributed by atoms with Gasteiger partial charge < -0.3 is 15.3 Å². The predicted octanol–water partition coefficient (Wildman–Crippen LogP) is 19.9. The van der Waals surface area contributed by atoms with Gasteiger partial charge in [0.2, 0.25) is 5.69 Å². The number of aliphatic hydroxyl groups is 1. The topological polar surface area (TPSA) is 39.4 Å². The molecule has 408 valence electrons. The number of pyridine rings is 1. The van der Waals surface area contributed by atoms with E-state index >= 15 is 0 Å². The number of anilines is 3. The zero-order valence-corrected chi connectivity index (χ0v) is 50.3. The van der Waals surface area contributed by atoms with Gasteiger partial charge in [0.25, 0.3) is 0 Å². The van der Waals surface area contributed by atoms with E-state index in [0.29, 0.717) is 23.5 Å². The second-order valence-electron chi connectivity index (χ2n) is 25.8. The van der Waals surface area contributed by atoms with Crippen LogP contribution in [0.25, 0.3) is 22.4 Å². The maximum atomic E-state index is 11.8. The molecule has 1 aromatic heterocycles. The summed E-state index contributed by atoms with van der Waals surface area (Å²) in [4.78, 5) is 2.35. The summed E-state index contributed by atoms with van der Waals surface area (Å²) in [5.41, 5.74) is 17.3. The molecule has 8 rings (SSSR count). The molecule has 2 saturated carbocycles. The molecule has 0 radical (unpaired) electrons. The van der Waals surface area contributed by atoms with Crippen LogP contribution in [-0.2, 0) is 6.42 Å². The van der Waals surface area contributed by atoms with Crippen molar-refractivity contribution in [3.63, 3.8) is 0 Å². The van der Waals surface area contributed by atoms with E-state index in [9.17, 15) is 5.11 Å². The molecular formula is C72H96N3OSi+. The monoisotopic (exact) mass is 1050 g/mol. The van der Waals surface area contributed by atoms with Crippen molar-refractivity contribution >= 4 is 30.3 Å². The highest BCUT2D eigenvalue weighted by atomic mass is 28.3. The lowest BCUT2D eigenvalue weighted by Crippen LogP contribution is -2.54. The first-order valence-corrected chi connectivity index (χ1v) is 33.4. The van der Waals surface area contributed by atoms with E-state index in [0.717, 1.165) is 60.7 Å². The van der Waals surface area contributed by atoms with Gasteiger partial charge in [0, 0.05) is 46.6 Å². The molecule has 2 fully saturated rings. The Morgan fingerprint density at radius 2 is 1.43 bits per heavy atom. The van der Waals surface area contributed by atoms with Crippen LogP contribution >= 0.6 is 0 Å². The Morgan fingerprint density at radius 3 is 2.08 bits per heavy atom. The number of rotatable bonds is 22. The third-order valence-electron chi connectivity index (χ3n) is 18.0. The molecule has 0 saturated heterocycles. The van der Waals surface area contributed by atoms with Gasteiger partial charge in [-0.15, -0.1) is 0 Å². The van der Waals surface area contributed by atoms with Gasteiger partial charge in [-0.05, 0) is 144 Å². The van der Waals surface area contributed by atoms with E-state index in [-0.39, 0.29) is 17.4 Å². The molecule has 2 aliphatic carbocycles. The third kappa shape index (κ3) is 13.8. The molecular weight excluding hydrogens is 951 g/mol. The van der Waals surface area contributed by atoms with E-state index in [2.05, 4.69) is 212 Å². The molecule has 0 bridgehead atoms. The summed E-state index contributed by atoms with van der Waals surface area (Å²) in [7, 11) is 0.422. The minimum absolute atomic E-state index is 0.108. The fourth-order valence-electron chi connectivity index (χ4n) is 13.2. The predicted molar refractivity (Wildman–Crippen MR) is 336 cm³/mol. The first-order valence-electron chi connectivity index (χ1n) is 29.9. The average Bonchev–Trinajstić information content (AvgIpc) is 3.42. The van der Waals surface area contributed by atoms with Crippen molar-refractivity contribution in [2.75, 3.05) is 17.3 Å². The molecule has 77 heavy (non-hydrogen) atoms. The Hall–Kier alpha value is -5.65. The van der Waals surface area contributed by atoms with Gasteiger partial charge in [-0.1, -0.05) is 211 Å². The van der Waals surface area contributed by atoms with E-state index < -0.39 is 8.07 Å². The smallest absolute Gasteiger partial charge is 0.213 e. The summed E-state index contributed by atoms with van der Waals surface area (Å²) < 4.78 is 2.70. The zero-order valence-electron chi connectivity index (χ0n) is 49.3. The summed E-state index contributed by atoms with van der Waals surface area (Å²) in [6.07, 6.45) is 27.8. The van der Waals surface area contributed by atoms with Crippen molar-refractivity contribution in [3.05, 3.63) is 186 Å². The highest BCUT2D eigenvalue weighted by Crippen LogP contribution is 2.46. The zero-order chi connectivity index (χ0) is 55.0. The number of aliphatic hydroxyl groups excluding tert-OH is 1. The average molecular weight is 1050 g/mol.